The highest BCUT2D eigenvalue weighted by Gasteiger charge is 2.21. The molecule has 0 unspecified atom stereocenters. The lowest BCUT2D eigenvalue weighted by atomic mass is 10.2. The average molecular weight is 472 g/mol. The zero-order valence-electron chi connectivity index (χ0n) is 17.3. The number of morpholine rings is 1. The maximum atomic E-state index is 13.3. The van der Waals surface area contributed by atoms with Gasteiger partial charge in [-0.2, -0.15) is 0 Å². The number of hydrogen-bond acceptors (Lipinski definition) is 7. The van der Waals surface area contributed by atoms with Crippen molar-refractivity contribution in [2.24, 2.45) is 0 Å². The van der Waals surface area contributed by atoms with Gasteiger partial charge in [0.15, 0.2) is 16.6 Å². The summed E-state index contributed by atoms with van der Waals surface area (Å²) in [7, 11) is 0. The third-order valence-corrected chi connectivity index (χ3v) is 6.76. The van der Waals surface area contributed by atoms with E-state index in [1.54, 1.807) is 17.1 Å². The second kappa shape index (κ2) is 9.46. The molecule has 0 aliphatic carbocycles. The lowest BCUT2D eigenvalue weighted by Gasteiger charge is -2.28. The summed E-state index contributed by atoms with van der Waals surface area (Å²) in [4.78, 5) is 22.0. The van der Waals surface area contributed by atoms with Gasteiger partial charge in [-0.05, 0) is 35.9 Å². The topological polar surface area (TPSA) is 64.1 Å². The summed E-state index contributed by atoms with van der Waals surface area (Å²) in [5.41, 5.74) is 1.58. The van der Waals surface area contributed by atoms with Gasteiger partial charge in [0.1, 0.15) is 5.52 Å². The molecule has 5 rings (SSSR count). The number of halogens is 1. The summed E-state index contributed by atoms with van der Waals surface area (Å²) >= 11 is 7.79. The molecule has 1 amide bonds. The fraction of sp³-hybridized carbons (Fsp3) is 0.304. The summed E-state index contributed by atoms with van der Waals surface area (Å²) in [5.74, 6) is 1.27. The largest absolute Gasteiger partial charge is 0.454 e. The second-order valence-corrected chi connectivity index (χ2v) is 8.89. The molecule has 2 aromatic carbocycles. The number of thiazole rings is 1. The van der Waals surface area contributed by atoms with Gasteiger partial charge in [0.2, 0.25) is 6.79 Å². The van der Waals surface area contributed by atoms with Crippen LogP contribution >= 0.6 is 22.9 Å². The number of anilines is 1. The van der Waals surface area contributed by atoms with Gasteiger partial charge in [-0.15, -0.1) is 0 Å². The van der Waals surface area contributed by atoms with E-state index in [0.717, 1.165) is 35.4 Å². The Labute approximate surface area is 194 Å². The van der Waals surface area contributed by atoms with E-state index in [9.17, 15) is 4.79 Å². The van der Waals surface area contributed by atoms with Crippen LogP contribution in [0.2, 0.25) is 5.02 Å². The minimum atomic E-state index is -0.133. The lowest BCUT2D eigenvalue weighted by Crippen LogP contribution is -2.42. The molecule has 7 nitrogen and oxygen atoms in total. The number of carbonyl (C=O) groups excluding carboxylic acids is 1. The van der Waals surface area contributed by atoms with Crippen molar-refractivity contribution in [2.75, 3.05) is 51.1 Å². The molecule has 166 valence electrons. The van der Waals surface area contributed by atoms with E-state index >= 15 is 0 Å². The first kappa shape index (κ1) is 21.2. The lowest BCUT2D eigenvalue weighted by molar-refractivity contribution is -0.114. The van der Waals surface area contributed by atoms with Crippen LogP contribution in [0.1, 0.15) is 5.56 Å². The molecule has 1 saturated heterocycles. The number of para-hydroxylation sites is 1. The average Bonchev–Trinajstić information content (AvgIpc) is 3.46. The van der Waals surface area contributed by atoms with Crippen molar-refractivity contribution in [1.82, 2.24) is 9.88 Å². The smallest absolute Gasteiger partial charge is 0.252 e. The molecule has 0 atom stereocenters. The SMILES string of the molecule is O=C(/C=C/c1ccc2c(c1)OCO2)N(CCN1CCOCC1)c1nc2c(Cl)cccc2s1. The number of nitrogens with zero attached hydrogens (tertiary/aromatic N) is 3. The van der Waals surface area contributed by atoms with Gasteiger partial charge < -0.3 is 14.2 Å². The fourth-order valence-electron chi connectivity index (χ4n) is 3.66. The van der Waals surface area contributed by atoms with Crippen molar-refractivity contribution in [1.29, 1.82) is 0 Å². The minimum absolute atomic E-state index is 0.133. The number of fused-ring (bicyclic) bond motifs is 2. The molecule has 2 aliphatic rings. The van der Waals surface area contributed by atoms with Gasteiger partial charge in [0.05, 0.1) is 22.9 Å². The summed E-state index contributed by atoms with van der Waals surface area (Å²) in [6.07, 6.45) is 3.36. The number of ether oxygens (including phenoxy) is 3. The molecule has 2 aliphatic heterocycles. The van der Waals surface area contributed by atoms with E-state index in [4.69, 9.17) is 25.8 Å². The molecule has 0 bridgehead atoms. The van der Waals surface area contributed by atoms with Gasteiger partial charge >= 0.3 is 0 Å². The Morgan fingerprint density at radius 1 is 1.19 bits per heavy atom. The fourth-order valence-corrected chi connectivity index (χ4v) is 4.96. The molecule has 0 N–H and O–H groups in total. The molecule has 9 heteroatoms. The third kappa shape index (κ3) is 4.59. The Balaban J connectivity index is 1.38. The van der Waals surface area contributed by atoms with Gasteiger partial charge in [-0.3, -0.25) is 14.6 Å². The number of amides is 1. The number of carbonyl (C=O) groups is 1. The Morgan fingerprint density at radius 3 is 2.88 bits per heavy atom. The number of aromatic nitrogens is 1. The normalized spacial score (nSPS) is 16.2. The van der Waals surface area contributed by atoms with Crippen molar-refractivity contribution in [2.45, 2.75) is 0 Å². The Hall–Kier alpha value is -2.65. The molecule has 0 saturated carbocycles. The van der Waals surface area contributed by atoms with Crippen LogP contribution in [0.25, 0.3) is 16.3 Å². The van der Waals surface area contributed by atoms with Crippen LogP contribution < -0.4 is 14.4 Å². The number of hydrogen-bond donors (Lipinski definition) is 0. The summed E-state index contributed by atoms with van der Waals surface area (Å²) in [5, 5.41) is 1.23. The third-order valence-electron chi connectivity index (χ3n) is 5.41. The summed E-state index contributed by atoms with van der Waals surface area (Å²) in [6, 6.07) is 11.3. The first-order chi connectivity index (χ1) is 15.7. The molecule has 3 heterocycles. The summed E-state index contributed by atoms with van der Waals surface area (Å²) < 4.78 is 17.2. The van der Waals surface area contributed by atoms with Gasteiger partial charge in [-0.1, -0.05) is 35.1 Å². The first-order valence-corrected chi connectivity index (χ1v) is 11.6. The Bertz CT molecular complexity index is 1160. The molecule has 1 fully saturated rings. The van der Waals surface area contributed by atoms with E-state index < -0.39 is 0 Å². The zero-order valence-corrected chi connectivity index (χ0v) is 18.9. The zero-order chi connectivity index (χ0) is 21.9. The van der Waals surface area contributed by atoms with Crippen molar-refractivity contribution < 1.29 is 19.0 Å². The maximum absolute atomic E-state index is 13.3. The maximum Gasteiger partial charge on any atom is 0.252 e. The quantitative estimate of drug-likeness (QED) is 0.505. The molecule has 3 aromatic rings. The minimum Gasteiger partial charge on any atom is -0.454 e. The van der Waals surface area contributed by atoms with E-state index in [1.165, 1.54) is 11.3 Å². The monoisotopic (exact) mass is 471 g/mol. The molecular weight excluding hydrogens is 450 g/mol. The first-order valence-electron chi connectivity index (χ1n) is 10.4. The highest BCUT2D eigenvalue weighted by atomic mass is 35.5. The van der Waals surface area contributed by atoms with E-state index in [-0.39, 0.29) is 12.7 Å². The molecule has 1 aromatic heterocycles. The van der Waals surface area contributed by atoms with Crippen molar-refractivity contribution in [3.63, 3.8) is 0 Å². The predicted molar refractivity (Wildman–Crippen MR) is 126 cm³/mol. The summed E-state index contributed by atoms with van der Waals surface area (Å²) in [6.45, 7) is 4.65. The number of benzene rings is 2. The standard InChI is InChI=1S/C23H22ClN3O4S/c24-17-2-1-3-20-22(17)25-23(32-20)27(9-8-26-10-12-29-13-11-26)21(28)7-5-16-4-6-18-19(14-16)31-15-30-18/h1-7,14H,8-13,15H2/b7-5+. The van der Waals surface area contributed by atoms with Crippen LogP contribution in [0.15, 0.2) is 42.5 Å². The van der Waals surface area contributed by atoms with E-state index in [1.807, 2.05) is 36.4 Å². The Morgan fingerprint density at radius 2 is 2.03 bits per heavy atom. The second-order valence-electron chi connectivity index (χ2n) is 7.47. The van der Waals surface area contributed by atoms with Crippen molar-refractivity contribution >= 4 is 50.3 Å². The van der Waals surface area contributed by atoms with Crippen LogP contribution in [0.5, 0.6) is 11.5 Å². The van der Waals surface area contributed by atoms with E-state index in [2.05, 4.69) is 9.88 Å². The van der Waals surface area contributed by atoms with Crippen LogP contribution in [-0.2, 0) is 9.53 Å². The highest BCUT2D eigenvalue weighted by molar-refractivity contribution is 7.22. The van der Waals surface area contributed by atoms with Crippen LogP contribution in [0.4, 0.5) is 5.13 Å². The highest BCUT2D eigenvalue weighted by Crippen LogP contribution is 2.34. The van der Waals surface area contributed by atoms with Gasteiger partial charge in [-0.25, -0.2) is 4.98 Å². The van der Waals surface area contributed by atoms with Crippen LogP contribution in [0.3, 0.4) is 0 Å². The van der Waals surface area contributed by atoms with Gasteiger partial charge in [0, 0.05) is 32.3 Å². The van der Waals surface area contributed by atoms with Crippen LogP contribution in [-0.4, -0.2) is 62.0 Å². The molecule has 32 heavy (non-hydrogen) atoms. The van der Waals surface area contributed by atoms with Crippen LogP contribution in [0, 0.1) is 0 Å². The molecular formula is C23H22ClN3O4S. The predicted octanol–water partition coefficient (Wildman–Crippen LogP) is 4.06. The molecule has 0 spiro atoms. The molecule has 0 radical (unpaired) electrons. The van der Waals surface area contributed by atoms with Gasteiger partial charge in [0.25, 0.3) is 5.91 Å². The number of rotatable bonds is 6. The Kier molecular flexibility index (Phi) is 6.27. The van der Waals surface area contributed by atoms with Crippen molar-refractivity contribution in [3.05, 3.63) is 53.1 Å². The van der Waals surface area contributed by atoms with E-state index in [0.29, 0.717) is 41.4 Å². The van der Waals surface area contributed by atoms with Crippen molar-refractivity contribution in [3.8, 4) is 11.5 Å².